The van der Waals surface area contributed by atoms with Crippen molar-refractivity contribution >= 4 is 16.7 Å². The molecule has 0 spiro atoms. The van der Waals surface area contributed by atoms with Crippen molar-refractivity contribution in [2.24, 2.45) is 5.92 Å². The first-order valence-corrected chi connectivity index (χ1v) is 12.8. The van der Waals surface area contributed by atoms with Crippen molar-refractivity contribution in [3.05, 3.63) is 89.6 Å². The molecule has 2 aliphatic carbocycles. The number of carbonyl (C=O) groups excluding carboxylic acids is 1. The molecule has 2 heterocycles. The van der Waals surface area contributed by atoms with Crippen LogP contribution in [0.25, 0.3) is 16.6 Å². The van der Waals surface area contributed by atoms with E-state index in [1.165, 1.54) is 12.1 Å². The van der Waals surface area contributed by atoms with Crippen molar-refractivity contribution in [2.45, 2.75) is 62.9 Å². The molecule has 4 aromatic rings. The van der Waals surface area contributed by atoms with Crippen molar-refractivity contribution in [1.29, 1.82) is 0 Å². The number of Topliss-reactive ketones (excluding diaryl/α,β-unsaturated/α-hetero) is 1. The summed E-state index contributed by atoms with van der Waals surface area (Å²) in [5.74, 6) is 0.00712. The van der Waals surface area contributed by atoms with Crippen LogP contribution in [0, 0.1) is 11.7 Å². The first-order chi connectivity index (χ1) is 17.4. The molecule has 1 fully saturated rings. The molecule has 5 nitrogen and oxygen atoms in total. The number of halogens is 1. The Balaban J connectivity index is 1.54. The van der Waals surface area contributed by atoms with Crippen LogP contribution in [0.4, 0.5) is 4.39 Å². The van der Waals surface area contributed by atoms with E-state index in [1.807, 2.05) is 30.6 Å². The van der Waals surface area contributed by atoms with Gasteiger partial charge in [0.05, 0.1) is 23.0 Å². The number of hydrogen-bond acceptors (Lipinski definition) is 4. The van der Waals surface area contributed by atoms with Crippen molar-refractivity contribution in [3.8, 4) is 5.69 Å². The minimum atomic E-state index is -0.691. The van der Waals surface area contributed by atoms with E-state index >= 15 is 0 Å². The minimum absolute atomic E-state index is 0.133. The maximum Gasteiger partial charge on any atom is 0.163 e. The zero-order chi connectivity index (χ0) is 24.9. The molecule has 3 unspecified atom stereocenters. The quantitative estimate of drug-likeness (QED) is 0.389. The molecule has 6 heteroatoms. The Morgan fingerprint density at radius 2 is 1.97 bits per heavy atom. The summed E-state index contributed by atoms with van der Waals surface area (Å²) in [5.41, 5.74) is 3.41. The van der Waals surface area contributed by atoms with Gasteiger partial charge in [-0.15, -0.1) is 0 Å². The van der Waals surface area contributed by atoms with Crippen LogP contribution in [0.1, 0.15) is 67.1 Å². The van der Waals surface area contributed by atoms with Crippen LogP contribution in [0.5, 0.6) is 0 Å². The Bertz CT molecular complexity index is 1430. The fourth-order valence-electron chi connectivity index (χ4n) is 6.57. The van der Waals surface area contributed by atoms with E-state index in [1.54, 1.807) is 16.8 Å². The van der Waals surface area contributed by atoms with Gasteiger partial charge in [0.15, 0.2) is 5.78 Å². The maximum atomic E-state index is 13.6. The van der Waals surface area contributed by atoms with E-state index in [2.05, 4.69) is 29.1 Å². The van der Waals surface area contributed by atoms with Gasteiger partial charge >= 0.3 is 0 Å². The highest BCUT2D eigenvalue weighted by atomic mass is 19.1. The second-order valence-corrected chi connectivity index (χ2v) is 10.6. The van der Waals surface area contributed by atoms with E-state index in [0.717, 1.165) is 52.7 Å². The van der Waals surface area contributed by atoms with E-state index < -0.39 is 5.60 Å². The van der Waals surface area contributed by atoms with Crippen LogP contribution in [-0.4, -0.2) is 31.3 Å². The number of aliphatic hydroxyl groups is 1. The van der Waals surface area contributed by atoms with Gasteiger partial charge in [0, 0.05) is 34.7 Å². The summed E-state index contributed by atoms with van der Waals surface area (Å²) < 4.78 is 15.3. The molecule has 184 valence electrons. The van der Waals surface area contributed by atoms with Crippen molar-refractivity contribution < 1.29 is 14.3 Å². The lowest BCUT2D eigenvalue weighted by molar-refractivity contribution is -0.0498. The molecule has 0 radical (unpaired) electrons. The predicted octanol–water partition coefficient (Wildman–Crippen LogP) is 5.96. The second kappa shape index (κ2) is 8.63. The summed E-state index contributed by atoms with van der Waals surface area (Å²) in [6.45, 7) is 2.05. The van der Waals surface area contributed by atoms with Gasteiger partial charge in [-0.25, -0.2) is 9.07 Å². The highest BCUT2D eigenvalue weighted by molar-refractivity contribution is 6.02. The number of benzene rings is 2. The average molecular weight is 484 g/mol. The molecular weight excluding hydrogens is 453 g/mol. The van der Waals surface area contributed by atoms with Crippen molar-refractivity contribution in [2.75, 3.05) is 0 Å². The van der Waals surface area contributed by atoms with Crippen molar-refractivity contribution in [3.63, 3.8) is 0 Å². The summed E-state index contributed by atoms with van der Waals surface area (Å²) in [4.78, 5) is 18.2. The van der Waals surface area contributed by atoms with Crippen LogP contribution in [0.2, 0.25) is 0 Å². The third-order valence-electron chi connectivity index (χ3n) is 8.66. The Hall–Kier alpha value is -3.38. The number of fused-ring (bicyclic) bond motifs is 4. The first-order valence-electron chi connectivity index (χ1n) is 12.8. The SMILES string of the molecule is CCC1(O)CCC2(Cc3ccccn3)c3cc4cnn(-c5ccc(F)cc5)c4cc3C(=O)CCC2C1. The number of ketones is 1. The molecule has 0 aliphatic heterocycles. The zero-order valence-electron chi connectivity index (χ0n) is 20.5. The van der Waals surface area contributed by atoms with Crippen molar-refractivity contribution in [1.82, 2.24) is 14.8 Å². The van der Waals surface area contributed by atoms with Crippen LogP contribution in [0.15, 0.2) is 67.0 Å². The predicted molar refractivity (Wildman–Crippen MR) is 137 cm³/mol. The Morgan fingerprint density at radius 3 is 2.72 bits per heavy atom. The average Bonchev–Trinajstić information content (AvgIpc) is 3.28. The summed E-state index contributed by atoms with van der Waals surface area (Å²) in [7, 11) is 0. The van der Waals surface area contributed by atoms with E-state index in [-0.39, 0.29) is 22.9 Å². The van der Waals surface area contributed by atoms with Gasteiger partial charge < -0.3 is 5.11 Å². The number of pyridine rings is 1. The van der Waals surface area contributed by atoms with Gasteiger partial charge in [-0.3, -0.25) is 9.78 Å². The molecule has 3 atom stereocenters. The molecule has 6 rings (SSSR count). The van der Waals surface area contributed by atoms with Gasteiger partial charge in [-0.1, -0.05) is 13.0 Å². The van der Waals surface area contributed by atoms with E-state index in [4.69, 9.17) is 0 Å². The molecule has 2 aromatic carbocycles. The van der Waals surface area contributed by atoms with Gasteiger partial charge in [0.1, 0.15) is 5.82 Å². The lowest BCUT2D eigenvalue weighted by atomic mass is 9.56. The van der Waals surface area contributed by atoms with Crippen LogP contribution >= 0.6 is 0 Å². The van der Waals surface area contributed by atoms with E-state index in [9.17, 15) is 14.3 Å². The third-order valence-corrected chi connectivity index (χ3v) is 8.66. The summed E-state index contributed by atoms with van der Waals surface area (Å²) in [6, 6.07) is 16.3. The van der Waals surface area contributed by atoms with Gasteiger partial charge in [0.25, 0.3) is 0 Å². The number of nitrogens with zero attached hydrogens (tertiary/aromatic N) is 3. The molecule has 36 heavy (non-hydrogen) atoms. The third kappa shape index (κ3) is 3.75. The summed E-state index contributed by atoms with van der Waals surface area (Å²) >= 11 is 0. The van der Waals surface area contributed by atoms with Crippen LogP contribution in [0.3, 0.4) is 0 Å². The monoisotopic (exact) mass is 483 g/mol. The highest BCUT2D eigenvalue weighted by Gasteiger charge is 2.51. The Labute approximate surface area is 210 Å². The Morgan fingerprint density at radius 1 is 1.14 bits per heavy atom. The standard InChI is InChI=1S/C30H30FN3O2/c1-2-29(36)12-13-30(18-23-5-3-4-14-32-23)21(17-29)6-11-28(35)25-16-27-20(15-26(25)30)19-33-34(27)24-9-7-22(31)8-10-24/h3-5,7-10,14-16,19,21,36H,2,6,11-13,17-18H2,1H3. The maximum absolute atomic E-state index is 13.6. The lowest BCUT2D eigenvalue weighted by Gasteiger charge is -2.50. The molecule has 0 amide bonds. The Kier molecular flexibility index (Phi) is 5.52. The smallest absolute Gasteiger partial charge is 0.163 e. The van der Waals surface area contributed by atoms with E-state index in [0.29, 0.717) is 25.7 Å². The first kappa shape index (κ1) is 23.0. The fraction of sp³-hybridized carbons (Fsp3) is 0.367. The molecule has 0 bridgehead atoms. The highest BCUT2D eigenvalue weighted by Crippen LogP contribution is 2.54. The van der Waals surface area contributed by atoms with Gasteiger partial charge in [0.2, 0.25) is 0 Å². The van der Waals surface area contributed by atoms with Gasteiger partial charge in [-0.2, -0.15) is 5.10 Å². The zero-order valence-corrected chi connectivity index (χ0v) is 20.5. The summed E-state index contributed by atoms with van der Waals surface area (Å²) in [6.07, 6.45) is 8.50. The lowest BCUT2D eigenvalue weighted by Crippen LogP contribution is -2.49. The molecular formula is C30H30FN3O2. The summed E-state index contributed by atoms with van der Waals surface area (Å²) in [5, 5.41) is 16.8. The van der Waals surface area contributed by atoms with Gasteiger partial charge in [-0.05, 0) is 98.5 Å². The fourth-order valence-corrected chi connectivity index (χ4v) is 6.57. The molecule has 1 saturated carbocycles. The number of aromatic nitrogens is 3. The molecule has 0 saturated heterocycles. The largest absolute Gasteiger partial charge is 0.390 e. The topological polar surface area (TPSA) is 68.0 Å². The van der Waals surface area contributed by atoms with Crippen LogP contribution in [-0.2, 0) is 11.8 Å². The number of carbonyl (C=O) groups is 1. The normalized spacial score (nSPS) is 25.9. The molecule has 1 N–H and O–H groups in total. The number of hydrogen-bond donors (Lipinski definition) is 1. The molecule has 2 aliphatic rings. The van der Waals surface area contributed by atoms with Crippen LogP contribution < -0.4 is 0 Å². The number of rotatable bonds is 4. The minimum Gasteiger partial charge on any atom is -0.390 e. The molecule has 2 aromatic heterocycles. The second-order valence-electron chi connectivity index (χ2n) is 10.6.